The molecule has 0 spiro atoms. The summed E-state index contributed by atoms with van der Waals surface area (Å²) in [6.45, 7) is 0. The van der Waals surface area contributed by atoms with Gasteiger partial charge in [0.05, 0.1) is 16.7 Å². The molecule has 90 valence electrons. The lowest BCUT2D eigenvalue weighted by Crippen LogP contribution is -1.95. The number of nitrogens with zero attached hydrogens (tertiary/aromatic N) is 1. The molecule has 0 atom stereocenters. The smallest absolute Gasteiger partial charge is 0.166 e. The van der Waals surface area contributed by atoms with E-state index in [1.54, 1.807) is 0 Å². The number of carbonyl (C=O) groups excluding carboxylic acids is 1. The van der Waals surface area contributed by atoms with Gasteiger partial charge in [-0.05, 0) is 23.6 Å². The fourth-order valence-electron chi connectivity index (χ4n) is 2.80. The van der Waals surface area contributed by atoms with Crippen LogP contribution in [0.1, 0.15) is 10.5 Å². The van der Waals surface area contributed by atoms with Crippen molar-refractivity contribution in [2.45, 2.75) is 0 Å². The average Bonchev–Trinajstić information content (AvgIpc) is 2.86. The van der Waals surface area contributed by atoms with E-state index in [0.717, 1.165) is 28.1 Å². The molecule has 2 aromatic carbocycles. The van der Waals surface area contributed by atoms with Crippen LogP contribution in [0.5, 0.6) is 0 Å². The summed E-state index contributed by atoms with van der Waals surface area (Å²) in [4.78, 5) is 11.4. The van der Waals surface area contributed by atoms with E-state index in [1.165, 1.54) is 5.39 Å². The second-order valence-electron chi connectivity index (χ2n) is 4.70. The van der Waals surface area contributed by atoms with Crippen LogP contribution in [0.3, 0.4) is 0 Å². The van der Waals surface area contributed by atoms with Crippen LogP contribution in [0.2, 0.25) is 0 Å². The van der Waals surface area contributed by atoms with Crippen molar-refractivity contribution in [2.75, 3.05) is 0 Å². The number of aldehydes is 1. The maximum absolute atomic E-state index is 11.4. The topological polar surface area (TPSA) is 21.5 Å². The average molecular weight is 245 g/mol. The van der Waals surface area contributed by atoms with Crippen LogP contribution in [0.25, 0.3) is 27.2 Å². The summed E-state index contributed by atoms with van der Waals surface area (Å²) >= 11 is 0. The number of hydrogen-bond acceptors (Lipinski definition) is 1. The van der Waals surface area contributed by atoms with E-state index >= 15 is 0 Å². The van der Waals surface area contributed by atoms with Gasteiger partial charge in [0.1, 0.15) is 0 Å². The lowest BCUT2D eigenvalue weighted by atomic mass is 10.1. The zero-order valence-corrected chi connectivity index (χ0v) is 10.2. The Kier molecular flexibility index (Phi) is 2.00. The molecule has 4 rings (SSSR count). The van der Waals surface area contributed by atoms with Crippen molar-refractivity contribution in [3.63, 3.8) is 0 Å². The van der Waals surface area contributed by atoms with Crippen molar-refractivity contribution in [3.8, 4) is 0 Å². The second-order valence-corrected chi connectivity index (χ2v) is 4.70. The fraction of sp³-hybridized carbons (Fsp3) is 0. The summed E-state index contributed by atoms with van der Waals surface area (Å²) in [5.74, 6) is 0. The van der Waals surface area contributed by atoms with Gasteiger partial charge in [0.2, 0.25) is 0 Å². The number of para-hydroxylation sites is 1. The van der Waals surface area contributed by atoms with Crippen LogP contribution in [-0.4, -0.2) is 10.7 Å². The van der Waals surface area contributed by atoms with Gasteiger partial charge < -0.3 is 4.40 Å². The molecule has 0 bridgehead atoms. The summed E-state index contributed by atoms with van der Waals surface area (Å²) < 4.78 is 2.03. The summed E-state index contributed by atoms with van der Waals surface area (Å²) in [6.07, 6.45) is 0.922. The third-order valence-electron chi connectivity index (χ3n) is 3.63. The van der Waals surface area contributed by atoms with Crippen LogP contribution in [0.4, 0.5) is 0 Å². The number of benzene rings is 2. The molecule has 2 nitrogen and oxygen atoms in total. The predicted molar refractivity (Wildman–Crippen MR) is 77.8 cm³/mol. The minimum Gasteiger partial charge on any atom is -0.306 e. The minimum absolute atomic E-state index is 0.690. The first kappa shape index (κ1) is 10.3. The van der Waals surface area contributed by atoms with Gasteiger partial charge in [-0.15, -0.1) is 0 Å². The van der Waals surface area contributed by atoms with Gasteiger partial charge >= 0.3 is 0 Å². The predicted octanol–water partition coefficient (Wildman–Crippen LogP) is 4.06. The quantitative estimate of drug-likeness (QED) is 0.463. The number of carbonyl (C=O) groups is 1. The monoisotopic (exact) mass is 245 g/mol. The summed E-state index contributed by atoms with van der Waals surface area (Å²) in [6, 6.07) is 20.4. The Hall–Kier alpha value is -2.61. The zero-order chi connectivity index (χ0) is 12.8. The number of hydrogen-bond donors (Lipinski definition) is 0. The van der Waals surface area contributed by atoms with E-state index in [1.807, 2.05) is 46.9 Å². The highest BCUT2D eigenvalue weighted by molar-refractivity contribution is 6.04. The number of rotatable bonds is 1. The molecular weight excluding hydrogens is 234 g/mol. The molecule has 0 saturated carbocycles. The summed E-state index contributed by atoms with van der Waals surface area (Å²) in [5.41, 5.74) is 2.85. The van der Waals surface area contributed by atoms with Gasteiger partial charge in [0, 0.05) is 10.8 Å². The van der Waals surface area contributed by atoms with E-state index < -0.39 is 0 Å². The van der Waals surface area contributed by atoms with E-state index in [-0.39, 0.29) is 0 Å². The SMILES string of the molecule is O=Cc1cc2ccccc2c2cc3ccccc3n12. The Balaban J connectivity index is 2.38. The van der Waals surface area contributed by atoms with Gasteiger partial charge in [0.15, 0.2) is 6.29 Å². The Labute approximate surface area is 109 Å². The Morgan fingerprint density at radius 1 is 0.789 bits per heavy atom. The Bertz CT molecular complexity index is 934. The van der Waals surface area contributed by atoms with E-state index in [0.29, 0.717) is 5.69 Å². The molecule has 0 saturated heterocycles. The van der Waals surface area contributed by atoms with Crippen LogP contribution in [0.15, 0.2) is 60.7 Å². The van der Waals surface area contributed by atoms with Crippen molar-refractivity contribution in [3.05, 3.63) is 66.4 Å². The molecule has 0 unspecified atom stereocenters. The van der Waals surface area contributed by atoms with Gasteiger partial charge in [0.25, 0.3) is 0 Å². The van der Waals surface area contributed by atoms with Crippen molar-refractivity contribution < 1.29 is 4.79 Å². The van der Waals surface area contributed by atoms with Crippen LogP contribution in [0, 0.1) is 0 Å². The van der Waals surface area contributed by atoms with Crippen LogP contribution in [-0.2, 0) is 0 Å². The molecule has 0 N–H and O–H groups in total. The molecule has 19 heavy (non-hydrogen) atoms. The van der Waals surface area contributed by atoms with Crippen LogP contribution >= 0.6 is 0 Å². The molecule has 0 fully saturated rings. The van der Waals surface area contributed by atoms with Crippen molar-refractivity contribution >= 4 is 33.5 Å². The largest absolute Gasteiger partial charge is 0.306 e. The molecule has 0 radical (unpaired) electrons. The Morgan fingerprint density at radius 3 is 2.37 bits per heavy atom. The third-order valence-corrected chi connectivity index (χ3v) is 3.63. The molecule has 0 amide bonds. The summed E-state index contributed by atoms with van der Waals surface area (Å²) in [5, 5.41) is 3.42. The number of aromatic nitrogens is 1. The first-order valence-electron chi connectivity index (χ1n) is 6.25. The zero-order valence-electron chi connectivity index (χ0n) is 10.2. The maximum Gasteiger partial charge on any atom is 0.166 e. The van der Waals surface area contributed by atoms with E-state index in [4.69, 9.17) is 0 Å². The van der Waals surface area contributed by atoms with E-state index in [9.17, 15) is 4.79 Å². The molecule has 2 heterocycles. The number of pyridine rings is 1. The molecule has 4 aromatic rings. The van der Waals surface area contributed by atoms with Gasteiger partial charge in [-0.25, -0.2) is 0 Å². The summed E-state index contributed by atoms with van der Waals surface area (Å²) in [7, 11) is 0. The fourth-order valence-corrected chi connectivity index (χ4v) is 2.80. The first-order chi connectivity index (χ1) is 9.38. The third kappa shape index (κ3) is 1.34. The van der Waals surface area contributed by atoms with Crippen molar-refractivity contribution in [1.29, 1.82) is 0 Å². The highest BCUT2D eigenvalue weighted by Crippen LogP contribution is 2.28. The molecule has 2 heteroatoms. The minimum atomic E-state index is 0.690. The lowest BCUT2D eigenvalue weighted by molar-refractivity contribution is 0.111. The molecule has 0 aliphatic rings. The van der Waals surface area contributed by atoms with Gasteiger partial charge in [-0.2, -0.15) is 0 Å². The second kappa shape index (κ2) is 3.69. The van der Waals surface area contributed by atoms with Crippen molar-refractivity contribution in [1.82, 2.24) is 4.40 Å². The first-order valence-corrected chi connectivity index (χ1v) is 6.25. The van der Waals surface area contributed by atoms with Gasteiger partial charge in [-0.3, -0.25) is 4.79 Å². The highest BCUT2D eigenvalue weighted by atomic mass is 16.1. The van der Waals surface area contributed by atoms with Crippen molar-refractivity contribution in [2.24, 2.45) is 0 Å². The lowest BCUT2D eigenvalue weighted by Gasteiger charge is -2.06. The molecule has 0 aliphatic carbocycles. The normalized spacial score (nSPS) is 11.4. The highest BCUT2D eigenvalue weighted by Gasteiger charge is 2.09. The Morgan fingerprint density at radius 2 is 1.53 bits per heavy atom. The van der Waals surface area contributed by atoms with Gasteiger partial charge in [-0.1, -0.05) is 42.5 Å². The molecular formula is C17H11NO. The van der Waals surface area contributed by atoms with Crippen LogP contribution < -0.4 is 0 Å². The maximum atomic E-state index is 11.4. The van der Waals surface area contributed by atoms with E-state index in [2.05, 4.69) is 18.2 Å². The standard InChI is InChI=1S/C17H11NO/c19-11-14-9-12-5-1-3-7-15(12)17-10-13-6-2-4-8-16(13)18(14)17/h1-11H. The number of fused-ring (bicyclic) bond motifs is 5. The molecule has 0 aliphatic heterocycles. The molecule has 2 aromatic heterocycles.